The highest BCUT2D eigenvalue weighted by molar-refractivity contribution is 14.1. The Labute approximate surface area is 218 Å². The molecular weight excluding hydrogens is 519 g/mol. The first kappa shape index (κ1) is 25.3. The highest BCUT2D eigenvalue weighted by Crippen LogP contribution is 2.66. The van der Waals surface area contributed by atoms with E-state index >= 15 is 0 Å². The van der Waals surface area contributed by atoms with Gasteiger partial charge in [0.2, 0.25) is 0 Å². The monoisotopic (exact) mass is 570 g/mol. The average molecular weight is 571 g/mol. The summed E-state index contributed by atoms with van der Waals surface area (Å²) in [7, 11) is 0. The van der Waals surface area contributed by atoms with Gasteiger partial charge in [-0.2, -0.15) is 0 Å². The predicted octanol–water partition coefficient (Wildman–Crippen LogP) is 6.37. The largest absolute Gasteiger partial charge is 0.391 e. The van der Waals surface area contributed by atoms with E-state index in [1.54, 1.807) is 0 Å². The maximum atomic E-state index is 11.6. The van der Waals surface area contributed by atoms with Crippen LogP contribution in [0.1, 0.15) is 97.3 Å². The van der Waals surface area contributed by atoms with E-state index in [0.29, 0.717) is 11.5 Å². The van der Waals surface area contributed by atoms with Crippen molar-refractivity contribution >= 4 is 22.6 Å². The summed E-state index contributed by atoms with van der Waals surface area (Å²) in [5.41, 5.74) is 0.758. The first-order chi connectivity index (χ1) is 16.0. The Hall–Kier alpha value is 0.610. The molecule has 2 heterocycles. The molecule has 6 rings (SSSR count). The SMILES string of the molecule is CI.C[C@]12CC[C@H](N3CCCC3)C[C@@H]1CC[C@@H]1[C@@H]2CC[C@]2(C)[C@@H](O)[C@@H](N3CCCCC3)C[C@@H]12. The quantitative estimate of drug-likeness (QED) is 0.309. The second kappa shape index (κ2) is 10.2. The van der Waals surface area contributed by atoms with Crippen molar-refractivity contribution in [2.75, 3.05) is 31.1 Å². The minimum absolute atomic E-state index is 0.0898. The summed E-state index contributed by atoms with van der Waals surface area (Å²) in [6.45, 7) is 10.4. The van der Waals surface area contributed by atoms with Gasteiger partial charge in [0, 0.05) is 12.1 Å². The Morgan fingerprint density at radius 3 is 2.06 bits per heavy atom. The summed E-state index contributed by atoms with van der Waals surface area (Å²) >= 11 is 2.15. The van der Waals surface area contributed by atoms with Crippen molar-refractivity contribution in [3.8, 4) is 0 Å². The van der Waals surface area contributed by atoms with Crippen LogP contribution < -0.4 is 0 Å². The maximum absolute atomic E-state index is 11.6. The van der Waals surface area contributed by atoms with E-state index in [2.05, 4.69) is 46.2 Å². The van der Waals surface area contributed by atoms with Crippen molar-refractivity contribution in [2.24, 2.45) is 34.5 Å². The summed E-state index contributed by atoms with van der Waals surface area (Å²) in [5.74, 6) is 3.54. The third-order valence-corrected chi connectivity index (χ3v) is 12.1. The number of alkyl halides is 1. The van der Waals surface area contributed by atoms with E-state index in [1.165, 1.54) is 110 Å². The van der Waals surface area contributed by atoms with Crippen LogP contribution in [0.4, 0.5) is 0 Å². The third-order valence-electron chi connectivity index (χ3n) is 12.1. The summed E-state index contributed by atoms with van der Waals surface area (Å²) in [4.78, 5) is 7.51. The minimum Gasteiger partial charge on any atom is -0.391 e. The molecule has 0 amide bonds. The van der Waals surface area contributed by atoms with Crippen molar-refractivity contribution in [3.05, 3.63) is 0 Å². The molecule has 3 nitrogen and oxygen atoms in total. The molecule has 2 aliphatic heterocycles. The normalized spacial score (nSPS) is 50.6. The molecule has 0 unspecified atom stereocenters. The van der Waals surface area contributed by atoms with E-state index in [9.17, 15) is 5.11 Å². The number of piperidine rings is 1. The Morgan fingerprint density at radius 2 is 1.33 bits per heavy atom. The Balaban J connectivity index is 0.00000111. The molecule has 0 aromatic rings. The van der Waals surface area contributed by atoms with Crippen LogP contribution in [0.5, 0.6) is 0 Å². The van der Waals surface area contributed by atoms with Crippen LogP contribution in [-0.4, -0.2) is 64.2 Å². The van der Waals surface area contributed by atoms with Gasteiger partial charge in [-0.3, -0.25) is 4.90 Å². The second-order valence-corrected chi connectivity index (χ2v) is 13.2. The first-order valence-electron chi connectivity index (χ1n) is 14.5. The molecule has 190 valence electrons. The molecular formula is C29H51IN2O. The fraction of sp³-hybridized carbons (Fsp3) is 1.00. The topological polar surface area (TPSA) is 26.7 Å². The zero-order valence-corrected chi connectivity index (χ0v) is 23.9. The molecule has 4 heteroatoms. The van der Waals surface area contributed by atoms with Crippen molar-refractivity contribution in [3.63, 3.8) is 0 Å². The molecule has 4 saturated carbocycles. The number of fused-ring (bicyclic) bond motifs is 5. The molecule has 9 atom stereocenters. The molecule has 6 aliphatic rings. The Kier molecular flexibility index (Phi) is 7.79. The van der Waals surface area contributed by atoms with Gasteiger partial charge in [-0.25, -0.2) is 0 Å². The lowest BCUT2D eigenvalue weighted by atomic mass is 9.45. The first-order valence-corrected chi connectivity index (χ1v) is 16.7. The third kappa shape index (κ3) is 4.27. The van der Waals surface area contributed by atoms with Crippen LogP contribution in [0.3, 0.4) is 0 Å². The number of likely N-dealkylation sites (tertiary alicyclic amines) is 2. The number of halogens is 1. The molecule has 6 fully saturated rings. The van der Waals surface area contributed by atoms with Gasteiger partial charge in [-0.05, 0) is 143 Å². The summed E-state index contributed by atoms with van der Waals surface area (Å²) in [6, 6.07) is 1.34. The van der Waals surface area contributed by atoms with Gasteiger partial charge in [0.25, 0.3) is 0 Å². The lowest BCUT2D eigenvalue weighted by Crippen LogP contribution is -2.56. The fourth-order valence-corrected chi connectivity index (χ4v) is 10.3. The predicted molar refractivity (Wildman–Crippen MR) is 147 cm³/mol. The van der Waals surface area contributed by atoms with Gasteiger partial charge in [0.1, 0.15) is 0 Å². The summed E-state index contributed by atoms with van der Waals surface area (Å²) in [6.07, 6.45) is 18.2. The van der Waals surface area contributed by atoms with Crippen LogP contribution in [0.25, 0.3) is 0 Å². The van der Waals surface area contributed by atoms with Gasteiger partial charge in [-0.1, -0.05) is 42.9 Å². The van der Waals surface area contributed by atoms with Gasteiger partial charge in [0.05, 0.1) is 6.10 Å². The lowest BCUT2D eigenvalue weighted by Gasteiger charge is -2.61. The number of aliphatic hydroxyl groups is 1. The van der Waals surface area contributed by atoms with E-state index in [-0.39, 0.29) is 11.5 Å². The van der Waals surface area contributed by atoms with E-state index in [4.69, 9.17) is 0 Å². The van der Waals surface area contributed by atoms with Crippen molar-refractivity contribution in [1.82, 2.24) is 9.80 Å². The fourth-order valence-electron chi connectivity index (χ4n) is 10.3. The molecule has 2 saturated heterocycles. The van der Waals surface area contributed by atoms with Gasteiger partial charge >= 0.3 is 0 Å². The van der Waals surface area contributed by atoms with Gasteiger partial charge in [0.15, 0.2) is 0 Å². The van der Waals surface area contributed by atoms with Crippen LogP contribution >= 0.6 is 22.6 Å². The number of hydrogen-bond acceptors (Lipinski definition) is 3. The van der Waals surface area contributed by atoms with E-state index in [0.717, 1.165) is 29.7 Å². The van der Waals surface area contributed by atoms with Crippen LogP contribution in [0, 0.1) is 34.5 Å². The number of aliphatic hydroxyl groups excluding tert-OH is 1. The van der Waals surface area contributed by atoms with Gasteiger partial charge < -0.3 is 10.0 Å². The Morgan fingerprint density at radius 1 is 0.697 bits per heavy atom. The van der Waals surface area contributed by atoms with Crippen molar-refractivity contribution in [1.29, 1.82) is 0 Å². The van der Waals surface area contributed by atoms with Crippen LogP contribution in [-0.2, 0) is 0 Å². The molecule has 0 radical (unpaired) electrons. The summed E-state index contributed by atoms with van der Waals surface area (Å²) in [5, 5.41) is 11.6. The molecule has 0 aromatic carbocycles. The molecule has 0 aromatic heterocycles. The molecule has 0 spiro atoms. The smallest absolute Gasteiger partial charge is 0.0751 e. The average Bonchev–Trinajstić information content (AvgIpc) is 3.48. The Bertz CT molecular complexity index is 662. The van der Waals surface area contributed by atoms with Crippen molar-refractivity contribution in [2.45, 2.75) is 116 Å². The highest BCUT2D eigenvalue weighted by atomic mass is 127. The van der Waals surface area contributed by atoms with Gasteiger partial charge in [-0.15, -0.1) is 0 Å². The molecule has 0 bridgehead atoms. The second-order valence-electron chi connectivity index (χ2n) is 13.2. The molecule has 4 aliphatic carbocycles. The van der Waals surface area contributed by atoms with Crippen LogP contribution in [0.15, 0.2) is 0 Å². The van der Waals surface area contributed by atoms with Crippen molar-refractivity contribution < 1.29 is 5.11 Å². The number of hydrogen-bond donors (Lipinski definition) is 1. The van der Waals surface area contributed by atoms with E-state index < -0.39 is 0 Å². The number of rotatable bonds is 2. The zero-order valence-electron chi connectivity index (χ0n) is 21.8. The maximum Gasteiger partial charge on any atom is 0.0751 e. The van der Waals surface area contributed by atoms with Crippen LogP contribution in [0.2, 0.25) is 0 Å². The minimum atomic E-state index is -0.0898. The van der Waals surface area contributed by atoms with E-state index in [1.807, 2.05) is 4.93 Å². The highest BCUT2D eigenvalue weighted by Gasteiger charge is 2.62. The zero-order chi connectivity index (χ0) is 23.2. The summed E-state index contributed by atoms with van der Waals surface area (Å²) < 4.78 is 0. The standard InChI is InChI=1S/C28H48N2O.CH3I/c1-27-12-10-21(29-14-6-7-15-29)18-20(27)8-9-22-23(27)11-13-28(2)24(22)19-25(26(28)31)30-16-4-3-5-17-30;1-2/h20-26,31H,3-19H2,1-2H3;1H3/t20-,21-,22+,23-,24-,25-,26-,27-,28-;/m0./s1. The number of nitrogens with zero attached hydrogens (tertiary/aromatic N) is 2. The molecule has 1 N–H and O–H groups in total. The lowest BCUT2D eigenvalue weighted by molar-refractivity contribution is -0.130. The molecule has 33 heavy (non-hydrogen) atoms.